The van der Waals surface area contributed by atoms with Crippen LogP contribution in [0.1, 0.15) is 4.88 Å². The maximum atomic E-state index is 8.97. The van der Waals surface area contributed by atoms with E-state index < -0.39 is 0 Å². The van der Waals surface area contributed by atoms with E-state index in [0.29, 0.717) is 0 Å². The Morgan fingerprint density at radius 3 is 2.48 bits per heavy atom. The van der Waals surface area contributed by atoms with Crippen LogP contribution in [0.3, 0.4) is 0 Å². The predicted octanol–water partition coefficient (Wildman–Crippen LogP) is 1.92. The van der Waals surface area contributed by atoms with Gasteiger partial charge in [0.2, 0.25) is 0 Å². The summed E-state index contributed by atoms with van der Waals surface area (Å²) in [6, 6.07) is 10.4. The number of piperazine rings is 1. The number of hydrogen-bond donors (Lipinski definition) is 1. The molecule has 0 amide bonds. The molecule has 1 aromatic heterocycles. The Labute approximate surface area is 129 Å². The molecule has 3 rings (SSSR count). The van der Waals surface area contributed by atoms with Gasteiger partial charge in [-0.2, -0.15) is 0 Å². The van der Waals surface area contributed by atoms with Crippen LogP contribution in [0.2, 0.25) is 0 Å². The zero-order valence-corrected chi connectivity index (χ0v) is 12.9. The van der Waals surface area contributed by atoms with E-state index >= 15 is 0 Å². The highest BCUT2D eigenvalue weighted by atomic mass is 32.1. The van der Waals surface area contributed by atoms with Crippen molar-refractivity contribution in [1.29, 1.82) is 0 Å². The van der Waals surface area contributed by atoms with Gasteiger partial charge in [-0.25, -0.2) is 4.98 Å². The molecule has 1 saturated heterocycles. The van der Waals surface area contributed by atoms with E-state index in [4.69, 9.17) is 5.11 Å². The van der Waals surface area contributed by atoms with Crippen molar-refractivity contribution in [2.75, 3.05) is 39.3 Å². The molecule has 0 unspecified atom stereocenters. The highest BCUT2D eigenvalue weighted by molar-refractivity contribution is 7.15. The van der Waals surface area contributed by atoms with Gasteiger partial charge in [-0.05, 0) is 0 Å². The summed E-state index contributed by atoms with van der Waals surface area (Å²) in [6.45, 7) is 6.27. The van der Waals surface area contributed by atoms with E-state index in [1.165, 1.54) is 10.4 Å². The summed E-state index contributed by atoms with van der Waals surface area (Å²) in [5.41, 5.74) is 1.20. The van der Waals surface area contributed by atoms with Crippen LogP contribution in [0.15, 0.2) is 36.5 Å². The van der Waals surface area contributed by atoms with Gasteiger partial charge in [0.1, 0.15) is 5.01 Å². The van der Waals surface area contributed by atoms with Crippen molar-refractivity contribution in [3.05, 3.63) is 41.4 Å². The van der Waals surface area contributed by atoms with Crippen molar-refractivity contribution < 1.29 is 5.11 Å². The Bertz CT molecular complexity index is 550. The molecule has 0 saturated carbocycles. The van der Waals surface area contributed by atoms with Crippen LogP contribution in [0.4, 0.5) is 0 Å². The fourth-order valence-corrected chi connectivity index (χ4v) is 3.59. The van der Waals surface area contributed by atoms with E-state index in [1.54, 1.807) is 11.3 Å². The monoisotopic (exact) mass is 303 g/mol. The number of hydrogen-bond acceptors (Lipinski definition) is 5. The Kier molecular flexibility index (Phi) is 4.98. The van der Waals surface area contributed by atoms with Gasteiger partial charge in [-0.3, -0.25) is 9.80 Å². The molecule has 1 fully saturated rings. The standard InChI is InChI=1S/C16H21N3OS/c20-11-10-18-6-8-19(9-7-18)13-15-12-17-16(21-15)14-4-2-1-3-5-14/h1-5,12,20H,6-11,13H2. The summed E-state index contributed by atoms with van der Waals surface area (Å²) in [5, 5.41) is 10.1. The third kappa shape index (κ3) is 3.89. The molecule has 21 heavy (non-hydrogen) atoms. The van der Waals surface area contributed by atoms with Crippen LogP contribution >= 0.6 is 11.3 Å². The zero-order chi connectivity index (χ0) is 14.5. The Morgan fingerprint density at radius 2 is 1.76 bits per heavy atom. The van der Waals surface area contributed by atoms with Crippen LogP contribution in [0, 0.1) is 0 Å². The van der Waals surface area contributed by atoms with Gasteiger partial charge in [-0.1, -0.05) is 30.3 Å². The number of nitrogens with zero attached hydrogens (tertiary/aromatic N) is 3. The lowest BCUT2D eigenvalue weighted by atomic mass is 10.2. The molecule has 0 bridgehead atoms. The van der Waals surface area contributed by atoms with E-state index in [0.717, 1.165) is 44.3 Å². The molecule has 2 heterocycles. The van der Waals surface area contributed by atoms with Crippen LogP contribution in [0.25, 0.3) is 10.6 Å². The Balaban J connectivity index is 1.56. The molecule has 4 nitrogen and oxygen atoms in total. The molecule has 1 N–H and O–H groups in total. The molecular formula is C16H21N3OS. The minimum Gasteiger partial charge on any atom is -0.395 e. The normalized spacial score (nSPS) is 17.2. The highest BCUT2D eigenvalue weighted by Crippen LogP contribution is 2.25. The van der Waals surface area contributed by atoms with Crippen molar-refractivity contribution in [3.8, 4) is 10.6 Å². The molecule has 1 aromatic carbocycles. The van der Waals surface area contributed by atoms with Crippen molar-refractivity contribution in [1.82, 2.24) is 14.8 Å². The van der Waals surface area contributed by atoms with Crippen molar-refractivity contribution in [2.24, 2.45) is 0 Å². The third-order valence-electron chi connectivity index (χ3n) is 3.83. The number of β-amino-alcohol motifs (C(OH)–C–C–N with tert-alkyl or cyclic N) is 1. The van der Waals surface area contributed by atoms with Crippen molar-refractivity contribution >= 4 is 11.3 Å². The molecule has 112 valence electrons. The lowest BCUT2D eigenvalue weighted by Gasteiger charge is -2.33. The summed E-state index contributed by atoms with van der Waals surface area (Å²) in [5.74, 6) is 0. The second-order valence-electron chi connectivity index (χ2n) is 5.34. The van der Waals surface area contributed by atoms with Crippen molar-refractivity contribution in [3.63, 3.8) is 0 Å². The number of benzene rings is 1. The molecule has 0 radical (unpaired) electrons. The molecule has 2 aromatic rings. The van der Waals surface area contributed by atoms with Gasteiger partial charge in [-0.15, -0.1) is 11.3 Å². The Hall–Kier alpha value is -1.27. The average molecular weight is 303 g/mol. The van der Waals surface area contributed by atoms with Gasteiger partial charge in [0.25, 0.3) is 0 Å². The molecule has 0 atom stereocenters. The summed E-state index contributed by atoms with van der Waals surface area (Å²) < 4.78 is 0. The fraction of sp³-hybridized carbons (Fsp3) is 0.438. The van der Waals surface area contributed by atoms with Crippen molar-refractivity contribution in [2.45, 2.75) is 6.54 Å². The van der Waals surface area contributed by atoms with Gasteiger partial charge in [0.15, 0.2) is 0 Å². The van der Waals surface area contributed by atoms with E-state index in [1.807, 2.05) is 12.3 Å². The van der Waals surface area contributed by atoms with Gasteiger partial charge < -0.3 is 5.11 Å². The van der Waals surface area contributed by atoms with Crippen LogP contribution < -0.4 is 0 Å². The second-order valence-corrected chi connectivity index (χ2v) is 6.45. The van der Waals surface area contributed by atoms with Gasteiger partial charge >= 0.3 is 0 Å². The number of rotatable bonds is 5. The SMILES string of the molecule is OCCN1CCN(Cc2cnc(-c3ccccc3)s2)CC1. The summed E-state index contributed by atoms with van der Waals surface area (Å²) in [6.07, 6.45) is 2.01. The zero-order valence-electron chi connectivity index (χ0n) is 12.1. The first-order valence-electron chi connectivity index (χ1n) is 7.41. The first-order valence-corrected chi connectivity index (χ1v) is 8.22. The maximum absolute atomic E-state index is 8.97. The molecular weight excluding hydrogens is 282 g/mol. The van der Waals surface area contributed by atoms with Crippen LogP contribution in [-0.2, 0) is 6.54 Å². The molecule has 1 aliphatic rings. The van der Waals surface area contributed by atoms with Gasteiger partial charge in [0, 0.05) is 55.9 Å². The van der Waals surface area contributed by atoms with Crippen LogP contribution in [0.5, 0.6) is 0 Å². The average Bonchev–Trinajstić information content (AvgIpc) is 2.99. The molecule has 5 heteroatoms. The number of aliphatic hydroxyl groups is 1. The first-order chi connectivity index (χ1) is 10.3. The molecule has 0 aliphatic carbocycles. The minimum atomic E-state index is 0.259. The number of thiazole rings is 1. The maximum Gasteiger partial charge on any atom is 0.123 e. The number of aromatic nitrogens is 1. The smallest absolute Gasteiger partial charge is 0.123 e. The molecule has 1 aliphatic heterocycles. The van der Waals surface area contributed by atoms with E-state index in [-0.39, 0.29) is 6.61 Å². The summed E-state index contributed by atoms with van der Waals surface area (Å²) in [7, 11) is 0. The largest absolute Gasteiger partial charge is 0.395 e. The minimum absolute atomic E-state index is 0.259. The summed E-state index contributed by atoms with van der Waals surface area (Å²) in [4.78, 5) is 10.7. The quantitative estimate of drug-likeness (QED) is 0.916. The lowest BCUT2D eigenvalue weighted by Crippen LogP contribution is -2.46. The van der Waals surface area contributed by atoms with E-state index in [9.17, 15) is 0 Å². The van der Waals surface area contributed by atoms with Crippen LogP contribution in [-0.4, -0.2) is 59.2 Å². The second kappa shape index (κ2) is 7.13. The van der Waals surface area contributed by atoms with Gasteiger partial charge in [0.05, 0.1) is 6.61 Å². The first kappa shape index (κ1) is 14.7. The lowest BCUT2D eigenvalue weighted by molar-refractivity contribution is 0.109. The summed E-state index contributed by atoms with van der Waals surface area (Å²) >= 11 is 1.78. The predicted molar refractivity (Wildman–Crippen MR) is 86.4 cm³/mol. The highest BCUT2D eigenvalue weighted by Gasteiger charge is 2.17. The fourth-order valence-electron chi connectivity index (χ4n) is 2.63. The topological polar surface area (TPSA) is 39.6 Å². The Morgan fingerprint density at radius 1 is 1.05 bits per heavy atom. The third-order valence-corrected chi connectivity index (χ3v) is 4.87. The number of aliphatic hydroxyl groups excluding tert-OH is 1. The molecule has 0 spiro atoms. The van der Waals surface area contributed by atoms with E-state index in [2.05, 4.69) is 39.0 Å².